The molecule has 0 saturated heterocycles. The second kappa shape index (κ2) is 7.02. The lowest BCUT2D eigenvalue weighted by Crippen LogP contribution is -2.11. The van der Waals surface area contributed by atoms with Gasteiger partial charge in [0.05, 0.1) is 0 Å². The van der Waals surface area contributed by atoms with E-state index < -0.39 is 5.97 Å². The Morgan fingerprint density at radius 3 is 2.67 bits per heavy atom. The van der Waals surface area contributed by atoms with Crippen LogP contribution in [0, 0.1) is 0 Å². The van der Waals surface area contributed by atoms with Crippen molar-refractivity contribution < 1.29 is 9.90 Å². The average molecular weight is 321 g/mol. The lowest BCUT2D eigenvalue weighted by molar-refractivity contribution is -0.131. The Kier molecular flexibility index (Phi) is 4.81. The molecule has 0 unspecified atom stereocenters. The number of aliphatic carboxylic acids is 1. The molecule has 3 rings (SSSR count). The van der Waals surface area contributed by atoms with Crippen molar-refractivity contribution in [2.75, 3.05) is 14.1 Å². The summed E-state index contributed by atoms with van der Waals surface area (Å²) in [5, 5.41) is 9.14. The predicted molar refractivity (Wildman–Crippen MR) is 97.8 cm³/mol. The molecule has 2 aromatic rings. The third-order valence-corrected chi connectivity index (χ3v) is 4.46. The minimum absolute atomic E-state index is 0.835. The van der Waals surface area contributed by atoms with Crippen molar-refractivity contribution in [2.45, 2.75) is 25.8 Å². The largest absolute Gasteiger partial charge is 0.478 e. The van der Waals surface area contributed by atoms with Crippen LogP contribution >= 0.6 is 0 Å². The molecule has 0 bridgehead atoms. The Balaban J connectivity index is 2.07. The van der Waals surface area contributed by atoms with Crippen LogP contribution in [-0.4, -0.2) is 30.1 Å². The number of rotatable bonds is 4. The first-order chi connectivity index (χ1) is 11.5. The molecule has 0 aliphatic heterocycles. The lowest BCUT2D eigenvalue weighted by Gasteiger charge is -2.21. The van der Waals surface area contributed by atoms with E-state index in [-0.39, 0.29) is 0 Å². The Morgan fingerprint density at radius 2 is 1.92 bits per heavy atom. The highest BCUT2D eigenvalue weighted by Gasteiger charge is 2.16. The Hall–Kier alpha value is -2.39. The lowest BCUT2D eigenvalue weighted by atomic mass is 9.84. The van der Waals surface area contributed by atoms with Crippen LogP contribution in [-0.2, 0) is 17.8 Å². The third kappa shape index (κ3) is 3.57. The Bertz CT molecular complexity index is 790. The third-order valence-electron chi connectivity index (χ3n) is 4.46. The standard InChI is InChI=1S/C21H23NO2/c1-22(2)14-18-6-3-4-9-19(18)17-11-10-15-7-5-8-16(13-21(23)24)20(15)12-17/h3-4,6,9-13H,5,7-8,14H2,1-2H3,(H,23,24)/b16-13+. The van der Waals surface area contributed by atoms with Gasteiger partial charge < -0.3 is 10.0 Å². The molecule has 0 radical (unpaired) electrons. The highest BCUT2D eigenvalue weighted by Crippen LogP contribution is 2.35. The van der Waals surface area contributed by atoms with Crippen LogP contribution in [0.1, 0.15) is 29.5 Å². The van der Waals surface area contributed by atoms with Crippen LogP contribution in [0.3, 0.4) is 0 Å². The van der Waals surface area contributed by atoms with Gasteiger partial charge in [-0.1, -0.05) is 36.4 Å². The van der Waals surface area contributed by atoms with E-state index in [0.717, 1.165) is 42.5 Å². The minimum atomic E-state index is -0.865. The van der Waals surface area contributed by atoms with Gasteiger partial charge in [0.15, 0.2) is 0 Å². The quantitative estimate of drug-likeness (QED) is 0.857. The second-order valence-corrected chi connectivity index (χ2v) is 6.63. The molecule has 3 nitrogen and oxygen atoms in total. The summed E-state index contributed by atoms with van der Waals surface area (Å²) in [5.74, 6) is -0.865. The summed E-state index contributed by atoms with van der Waals surface area (Å²) in [5.41, 5.74) is 6.94. The molecule has 1 aliphatic rings. The fourth-order valence-corrected chi connectivity index (χ4v) is 3.44. The maximum absolute atomic E-state index is 11.1. The molecule has 124 valence electrons. The molecule has 0 atom stereocenters. The summed E-state index contributed by atoms with van der Waals surface area (Å²) in [4.78, 5) is 13.3. The maximum Gasteiger partial charge on any atom is 0.328 e. The Morgan fingerprint density at radius 1 is 1.12 bits per heavy atom. The molecule has 0 spiro atoms. The van der Waals surface area contributed by atoms with Crippen LogP contribution in [0.2, 0.25) is 0 Å². The van der Waals surface area contributed by atoms with Gasteiger partial charge in [-0.05, 0) is 72.8 Å². The molecule has 0 aromatic heterocycles. The van der Waals surface area contributed by atoms with Gasteiger partial charge in [-0.25, -0.2) is 4.79 Å². The van der Waals surface area contributed by atoms with E-state index in [2.05, 4.69) is 61.5 Å². The van der Waals surface area contributed by atoms with Crippen LogP contribution < -0.4 is 0 Å². The number of benzene rings is 2. The number of carboxylic acids is 1. The molecule has 1 N–H and O–H groups in total. The topological polar surface area (TPSA) is 40.5 Å². The van der Waals surface area contributed by atoms with Crippen molar-refractivity contribution in [3.63, 3.8) is 0 Å². The van der Waals surface area contributed by atoms with Gasteiger partial charge in [-0.3, -0.25) is 0 Å². The van der Waals surface area contributed by atoms with Gasteiger partial charge in [0.1, 0.15) is 0 Å². The van der Waals surface area contributed by atoms with E-state index in [0.29, 0.717) is 0 Å². The second-order valence-electron chi connectivity index (χ2n) is 6.63. The zero-order valence-electron chi connectivity index (χ0n) is 14.2. The normalized spacial score (nSPS) is 15.5. The van der Waals surface area contributed by atoms with E-state index in [1.807, 2.05) is 0 Å². The number of fused-ring (bicyclic) bond motifs is 1. The van der Waals surface area contributed by atoms with Crippen LogP contribution in [0.5, 0.6) is 0 Å². The number of allylic oxidation sites excluding steroid dienone is 1. The maximum atomic E-state index is 11.1. The van der Waals surface area contributed by atoms with Gasteiger partial charge in [0.25, 0.3) is 0 Å². The molecule has 1 aliphatic carbocycles. The molecule has 24 heavy (non-hydrogen) atoms. The molecule has 0 amide bonds. The number of hydrogen-bond donors (Lipinski definition) is 1. The van der Waals surface area contributed by atoms with Crippen molar-refractivity contribution in [1.29, 1.82) is 0 Å². The van der Waals surface area contributed by atoms with E-state index in [1.165, 1.54) is 22.8 Å². The molecule has 3 heteroatoms. The SMILES string of the molecule is CN(C)Cc1ccccc1-c1ccc2c(c1)/C(=C/C(=O)O)CCC2. The summed E-state index contributed by atoms with van der Waals surface area (Å²) in [6, 6.07) is 14.9. The van der Waals surface area contributed by atoms with E-state index >= 15 is 0 Å². The highest BCUT2D eigenvalue weighted by atomic mass is 16.4. The summed E-state index contributed by atoms with van der Waals surface area (Å²) < 4.78 is 0. The van der Waals surface area contributed by atoms with E-state index in [9.17, 15) is 4.79 Å². The van der Waals surface area contributed by atoms with Gasteiger partial charge in [-0.15, -0.1) is 0 Å². The van der Waals surface area contributed by atoms with Crippen LogP contribution in [0.25, 0.3) is 16.7 Å². The number of carbonyl (C=O) groups is 1. The van der Waals surface area contributed by atoms with Gasteiger partial charge in [0.2, 0.25) is 0 Å². The summed E-state index contributed by atoms with van der Waals surface area (Å²) in [6.07, 6.45) is 4.24. The van der Waals surface area contributed by atoms with Gasteiger partial charge in [0, 0.05) is 12.6 Å². The predicted octanol–water partition coefficient (Wildman–Crippen LogP) is 4.22. The smallest absolute Gasteiger partial charge is 0.328 e. The number of aryl methyl sites for hydroxylation is 1. The molecule has 0 heterocycles. The van der Waals surface area contributed by atoms with Crippen molar-refractivity contribution in [2.24, 2.45) is 0 Å². The summed E-state index contributed by atoms with van der Waals surface area (Å²) in [6.45, 7) is 0.880. The molecular weight excluding hydrogens is 298 g/mol. The van der Waals surface area contributed by atoms with E-state index in [4.69, 9.17) is 5.11 Å². The van der Waals surface area contributed by atoms with Crippen LogP contribution in [0.4, 0.5) is 0 Å². The first kappa shape index (κ1) is 16.5. The van der Waals surface area contributed by atoms with Crippen LogP contribution in [0.15, 0.2) is 48.5 Å². The van der Waals surface area contributed by atoms with Crippen molar-refractivity contribution in [1.82, 2.24) is 4.90 Å². The highest BCUT2D eigenvalue weighted by molar-refractivity contribution is 5.91. The molecular formula is C21H23NO2. The minimum Gasteiger partial charge on any atom is -0.478 e. The van der Waals surface area contributed by atoms with E-state index in [1.54, 1.807) is 0 Å². The number of nitrogens with zero attached hydrogens (tertiary/aromatic N) is 1. The van der Waals surface area contributed by atoms with Crippen molar-refractivity contribution in [3.05, 3.63) is 65.2 Å². The zero-order valence-corrected chi connectivity index (χ0v) is 14.2. The first-order valence-electron chi connectivity index (χ1n) is 8.34. The van der Waals surface area contributed by atoms with Crippen molar-refractivity contribution >= 4 is 11.5 Å². The molecule has 0 fully saturated rings. The fraction of sp³-hybridized carbons (Fsp3) is 0.286. The first-order valence-corrected chi connectivity index (χ1v) is 8.34. The number of hydrogen-bond acceptors (Lipinski definition) is 2. The van der Waals surface area contributed by atoms with Gasteiger partial charge in [-0.2, -0.15) is 0 Å². The van der Waals surface area contributed by atoms with Gasteiger partial charge >= 0.3 is 5.97 Å². The Labute approximate surface area is 143 Å². The number of carboxylic acid groups (broad SMARTS) is 1. The van der Waals surface area contributed by atoms with Crippen molar-refractivity contribution in [3.8, 4) is 11.1 Å². The monoisotopic (exact) mass is 321 g/mol. The molecule has 2 aromatic carbocycles. The fourth-order valence-electron chi connectivity index (χ4n) is 3.44. The summed E-state index contributed by atoms with van der Waals surface area (Å²) >= 11 is 0. The summed E-state index contributed by atoms with van der Waals surface area (Å²) in [7, 11) is 4.13. The average Bonchev–Trinajstić information content (AvgIpc) is 2.54. The zero-order chi connectivity index (χ0) is 17.1. The molecule has 0 saturated carbocycles.